The number of carbonyl (C=O) groups is 1. The number of methoxy groups -OCH3 is 3. The van der Waals surface area contributed by atoms with Crippen molar-refractivity contribution in [1.82, 2.24) is 5.32 Å². The van der Waals surface area contributed by atoms with E-state index in [1.165, 1.54) is 32.4 Å². The number of amides is 1. The van der Waals surface area contributed by atoms with Crippen molar-refractivity contribution in [3.05, 3.63) is 47.5 Å². The van der Waals surface area contributed by atoms with Gasteiger partial charge in [0.05, 0.1) is 27.4 Å². The van der Waals surface area contributed by atoms with Crippen molar-refractivity contribution in [2.75, 3.05) is 21.3 Å². The molecule has 8 heteroatoms. The molecule has 0 bridgehead atoms. The number of benzene rings is 2. The molecule has 0 radical (unpaired) electrons. The monoisotopic (exact) mass is 381 g/mol. The molecule has 2 aromatic rings. The molecule has 0 aliphatic rings. The molecule has 0 aromatic heterocycles. The van der Waals surface area contributed by atoms with E-state index in [0.29, 0.717) is 11.5 Å². The first-order chi connectivity index (χ1) is 12.9. The van der Waals surface area contributed by atoms with Crippen LogP contribution >= 0.6 is 0 Å². The standard InChI is InChI=1S/C19H21F2NO5/c1-11(14-10-13(24-2)6-8-15(14)25-3)22-18(23)12-5-7-16(27-19(20)21)17(9-12)26-4/h5-11,19H,1-4H3,(H,22,23)/t11-/m1/s1. The fraction of sp³-hybridized carbons (Fsp3) is 0.316. The highest BCUT2D eigenvalue weighted by Crippen LogP contribution is 2.31. The van der Waals surface area contributed by atoms with Gasteiger partial charge in [-0.25, -0.2) is 0 Å². The van der Waals surface area contributed by atoms with Crippen molar-refractivity contribution in [1.29, 1.82) is 0 Å². The lowest BCUT2D eigenvalue weighted by molar-refractivity contribution is -0.0512. The van der Waals surface area contributed by atoms with E-state index in [4.69, 9.17) is 14.2 Å². The Balaban J connectivity index is 2.21. The summed E-state index contributed by atoms with van der Waals surface area (Å²) in [6, 6.07) is 8.85. The predicted octanol–water partition coefficient (Wildman–Crippen LogP) is 3.80. The molecule has 6 nitrogen and oxygen atoms in total. The predicted molar refractivity (Wildman–Crippen MR) is 95.1 cm³/mol. The van der Waals surface area contributed by atoms with Crippen LogP contribution in [0.25, 0.3) is 0 Å². The molecule has 146 valence electrons. The van der Waals surface area contributed by atoms with Gasteiger partial charge in [-0.05, 0) is 43.3 Å². The van der Waals surface area contributed by atoms with Crippen molar-refractivity contribution in [2.24, 2.45) is 0 Å². The van der Waals surface area contributed by atoms with Gasteiger partial charge in [-0.15, -0.1) is 0 Å². The molecule has 1 atom stereocenters. The Morgan fingerprint density at radius 2 is 1.59 bits per heavy atom. The lowest BCUT2D eigenvalue weighted by Crippen LogP contribution is -2.27. The van der Waals surface area contributed by atoms with E-state index in [0.717, 1.165) is 5.56 Å². The summed E-state index contributed by atoms with van der Waals surface area (Å²) in [5, 5.41) is 2.83. The lowest BCUT2D eigenvalue weighted by Gasteiger charge is -2.19. The molecule has 0 aliphatic carbocycles. The van der Waals surface area contributed by atoms with Gasteiger partial charge in [-0.1, -0.05) is 0 Å². The van der Waals surface area contributed by atoms with Gasteiger partial charge in [0.1, 0.15) is 11.5 Å². The molecular formula is C19H21F2NO5. The maximum Gasteiger partial charge on any atom is 0.387 e. The first-order valence-electron chi connectivity index (χ1n) is 8.05. The number of nitrogens with one attached hydrogen (secondary N) is 1. The Labute approximate surface area is 156 Å². The number of carbonyl (C=O) groups excluding carboxylic acids is 1. The minimum Gasteiger partial charge on any atom is -0.497 e. The van der Waals surface area contributed by atoms with Crippen molar-refractivity contribution < 1.29 is 32.5 Å². The third-order valence-corrected chi connectivity index (χ3v) is 3.89. The first-order valence-corrected chi connectivity index (χ1v) is 8.05. The summed E-state index contributed by atoms with van der Waals surface area (Å²) in [4.78, 5) is 12.6. The molecule has 27 heavy (non-hydrogen) atoms. The Morgan fingerprint density at radius 3 is 2.19 bits per heavy atom. The second-order valence-corrected chi connectivity index (χ2v) is 5.55. The van der Waals surface area contributed by atoms with Gasteiger partial charge in [-0.2, -0.15) is 8.78 Å². The van der Waals surface area contributed by atoms with Crippen LogP contribution in [0.15, 0.2) is 36.4 Å². The average Bonchev–Trinajstić information content (AvgIpc) is 2.67. The SMILES string of the molecule is COc1ccc(OC)c([C@@H](C)NC(=O)c2ccc(OC(F)F)c(OC)c2)c1. The van der Waals surface area contributed by atoms with E-state index in [1.807, 2.05) is 0 Å². The van der Waals surface area contributed by atoms with Crippen molar-refractivity contribution in [2.45, 2.75) is 19.6 Å². The largest absolute Gasteiger partial charge is 0.497 e. The Morgan fingerprint density at radius 1 is 0.926 bits per heavy atom. The second-order valence-electron chi connectivity index (χ2n) is 5.55. The topological polar surface area (TPSA) is 66.0 Å². The molecule has 0 aliphatic heterocycles. The van der Waals surface area contributed by atoms with Crippen LogP contribution in [0.4, 0.5) is 8.78 Å². The van der Waals surface area contributed by atoms with Crippen LogP contribution in [-0.4, -0.2) is 33.8 Å². The summed E-state index contributed by atoms with van der Waals surface area (Å²) in [7, 11) is 4.38. The fourth-order valence-corrected chi connectivity index (χ4v) is 2.54. The van der Waals surface area contributed by atoms with E-state index in [1.54, 1.807) is 32.2 Å². The average molecular weight is 381 g/mol. The highest BCUT2D eigenvalue weighted by molar-refractivity contribution is 5.95. The number of rotatable bonds is 8. The number of hydrogen-bond acceptors (Lipinski definition) is 5. The van der Waals surface area contributed by atoms with Crippen LogP contribution in [-0.2, 0) is 0 Å². The Bertz CT molecular complexity index is 798. The van der Waals surface area contributed by atoms with Gasteiger partial charge in [-0.3, -0.25) is 4.79 Å². The maximum atomic E-state index is 12.6. The number of hydrogen-bond donors (Lipinski definition) is 1. The molecule has 2 aromatic carbocycles. The Kier molecular flexibility index (Phi) is 6.81. The van der Waals surface area contributed by atoms with E-state index in [-0.39, 0.29) is 17.1 Å². The summed E-state index contributed by atoms with van der Waals surface area (Å²) in [6.07, 6.45) is 0. The molecule has 2 rings (SSSR count). The van der Waals surface area contributed by atoms with Crippen molar-refractivity contribution >= 4 is 5.91 Å². The van der Waals surface area contributed by atoms with Gasteiger partial charge in [0.25, 0.3) is 5.91 Å². The minimum absolute atomic E-state index is 0.0366. The summed E-state index contributed by atoms with van der Waals surface area (Å²) in [6.45, 7) is -1.19. The first kappa shape index (κ1) is 20.3. The van der Waals surface area contributed by atoms with E-state index in [2.05, 4.69) is 10.1 Å². The van der Waals surface area contributed by atoms with Crippen LogP contribution in [0.3, 0.4) is 0 Å². The maximum absolute atomic E-state index is 12.6. The summed E-state index contributed by atoms with van der Waals surface area (Å²) in [5.74, 6) is 0.708. The normalized spacial score (nSPS) is 11.7. The molecule has 0 heterocycles. The third kappa shape index (κ3) is 4.99. The highest BCUT2D eigenvalue weighted by atomic mass is 19.3. The number of alkyl halides is 2. The van der Waals surface area contributed by atoms with Gasteiger partial charge in [0.15, 0.2) is 11.5 Å². The molecule has 0 fully saturated rings. The smallest absolute Gasteiger partial charge is 0.387 e. The summed E-state index contributed by atoms with van der Waals surface area (Å²) >= 11 is 0. The molecule has 0 saturated heterocycles. The van der Waals surface area contributed by atoms with Crippen LogP contribution in [0.1, 0.15) is 28.9 Å². The van der Waals surface area contributed by atoms with E-state index in [9.17, 15) is 13.6 Å². The zero-order valence-corrected chi connectivity index (χ0v) is 15.4. The Hall–Kier alpha value is -3.03. The molecular weight excluding hydrogens is 360 g/mol. The van der Waals surface area contributed by atoms with Crippen LogP contribution < -0.4 is 24.3 Å². The zero-order chi connectivity index (χ0) is 20.0. The van der Waals surface area contributed by atoms with Crippen LogP contribution in [0.5, 0.6) is 23.0 Å². The number of halogens is 2. The van der Waals surface area contributed by atoms with Gasteiger partial charge < -0.3 is 24.3 Å². The molecule has 0 spiro atoms. The summed E-state index contributed by atoms with van der Waals surface area (Å²) in [5.41, 5.74) is 0.969. The minimum atomic E-state index is -2.99. The zero-order valence-electron chi connectivity index (χ0n) is 15.4. The highest BCUT2D eigenvalue weighted by Gasteiger charge is 2.18. The van der Waals surface area contributed by atoms with Crippen LogP contribution in [0.2, 0.25) is 0 Å². The van der Waals surface area contributed by atoms with Gasteiger partial charge in [0, 0.05) is 11.1 Å². The molecule has 1 N–H and O–H groups in total. The molecule has 0 saturated carbocycles. The van der Waals surface area contributed by atoms with Gasteiger partial charge >= 0.3 is 6.61 Å². The van der Waals surface area contributed by atoms with E-state index < -0.39 is 18.6 Å². The fourth-order valence-electron chi connectivity index (χ4n) is 2.54. The van der Waals surface area contributed by atoms with E-state index >= 15 is 0 Å². The second kappa shape index (κ2) is 9.07. The molecule has 0 unspecified atom stereocenters. The lowest BCUT2D eigenvalue weighted by atomic mass is 10.1. The van der Waals surface area contributed by atoms with Crippen molar-refractivity contribution in [3.63, 3.8) is 0 Å². The van der Waals surface area contributed by atoms with Crippen LogP contribution in [0, 0.1) is 0 Å². The summed E-state index contributed by atoms with van der Waals surface area (Å²) < 4.78 is 44.7. The van der Waals surface area contributed by atoms with Crippen molar-refractivity contribution in [3.8, 4) is 23.0 Å². The molecule has 1 amide bonds. The van der Waals surface area contributed by atoms with Gasteiger partial charge in [0.2, 0.25) is 0 Å². The quantitative estimate of drug-likeness (QED) is 0.753. The third-order valence-electron chi connectivity index (χ3n) is 3.89. The number of ether oxygens (including phenoxy) is 4.